The molecule has 0 saturated carbocycles. The molecule has 1 saturated heterocycles. The minimum absolute atomic E-state index is 0.0810. The van der Waals surface area contributed by atoms with Crippen molar-refractivity contribution in [2.24, 2.45) is 0 Å². The minimum atomic E-state index is -3.33. The second kappa shape index (κ2) is 7.98. The predicted molar refractivity (Wildman–Crippen MR) is 93.4 cm³/mol. The van der Waals surface area contributed by atoms with E-state index < -0.39 is 10.0 Å². The van der Waals surface area contributed by atoms with Gasteiger partial charge in [0.05, 0.1) is 17.9 Å². The molecule has 24 heavy (non-hydrogen) atoms. The largest absolute Gasteiger partial charge is 0.491 e. The molecule has 7 heteroatoms. The zero-order chi connectivity index (χ0) is 17.7. The molecule has 1 heterocycles. The maximum absolute atomic E-state index is 12.6. The molecule has 0 spiro atoms. The van der Waals surface area contributed by atoms with Gasteiger partial charge in [0.15, 0.2) is 0 Å². The van der Waals surface area contributed by atoms with E-state index in [1.54, 1.807) is 4.90 Å². The molecule has 0 aliphatic carbocycles. The zero-order valence-corrected chi connectivity index (χ0v) is 15.3. The molecule has 1 aromatic rings. The smallest absolute Gasteiger partial charge is 0.214 e. The van der Waals surface area contributed by atoms with Gasteiger partial charge in [0, 0.05) is 19.6 Å². The number of sulfonamides is 1. The second-order valence-corrected chi connectivity index (χ2v) is 8.32. The Labute approximate surface area is 144 Å². The normalized spacial score (nSPS) is 19.5. The summed E-state index contributed by atoms with van der Waals surface area (Å²) in [6.45, 7) is 6.89. The molecule has 1 fully saturated rings. The van der Waals surface area contributed by atoms with Gasteiger partial charge in [0.2, 0.25) is 16.4 Å². The van der Waals surface area contributed by atoms with E-state index in [4.69, 9.17) is 4.74 Å². The van der Waals surface area contributed by atoms with Crippen LogP contribution in [0.4, 0.5) is 0 Å². The highest BCUT2D eigenvalue weighted by molar-refractivity contribution is 7.89. The van der Waals surface area contributed by atoms with Crippen LogP contribution in [0.25, 0.3) is 0 Å². The number of hydrogen-bond donors (Lipinski definition) is 0. The van der Waals surface area contributed by atoms with Gasteiger partial charge >= 0.3 is 0 Å². The van der Waals surface area contributed by atoms with Gasteiger partial charge < -0.3 is 9.64 Å². The molecule has 0 radical (unpaired) electrons. The Hall–Kier alpha value is -1.60. The number of carbonyl (C=O) groups excluding carboxylic acids is 1. The summed E-state index contributed by atoms with van der Waals surface area (Å²) < 4.78 is 32.3. The van der Waals surface area contributed by atoms with Gasteiger partial charge in [0.25, 0.3) is 0 Å². The minimum Gasteiger partial charge on any atom is -0.491 e. The van der Waals surface area contributed by atoms with Crippen LogP contribution in [0.1, 0.15) is 38.8 Å². The summed E-state index contributed by atoms with van der Waals surface area (Å²) in [6, 6.07) is 7.10. The summed E-state index contributed by atoms with van der Waals surface area (Å²) in [4.78, 5) is 12.8. The molecular weight excluding hydrogens is 328 g/mol. The van der Waals surface area contributed by atoms with Crippen molar-refractivity contribution in [2.45, 2.75) is 39.3 Å². The average molecular weight is 354 g/mol. The lowest BCUT2D eigenvalue weighted by molar-refractivity contribution is -0.120. The Kier molecular flexibility index (Phi) is 6.23. The molecule has 1 aliphatic heterocycles. The molecule has 134 valence electrons. The lowest BCUT2D eigenvalue weighted by Gasteiger charge is -2.39. The molecule has 0 N–H and O–H groups in total. The lowest BCUT2D eigenvalue weighted by Crippen LogP contribution is -2.50. The van der Waals surface area contributed by atoms with Crippen molar-refractivity contribution in [3.8, 4) is 5.75 Å². The van der Waals surface area contributed by atoms with Crippen LogP contribution in [0, 0.1) is 0 Å². The first-order valence-electron chi connectivity index (χ1n) is 8.33. The van der Waals surface area contributed by atoms with Gasteiger partial charge in [-0.3, -0.25) is 4.79 Å². The third-order valence-electron chi connectivity index (χ3n) is 3.97. The number of benzene rings is 1. The van der Waals surface area contributed by atoms with E-state index in [0.717, 1.165) is 17.7 Å². The van der Waals surface area contributed by atoms with Crippen LogP contribution in [0.15, 0.2) is 24.3 Å². The average Bonchev–Trinajstić information content (AvgIpc) is 2.54. The highest BCUT2D eigenvalue weighted by Gasteiger charge is 2.35. The number of piperazine rings is 1. The highest BCUT2D eigenvalue weighted by atomic mass is 32.2. The van der Waals surface area contributed by atoms with Gasteiger partial charge in [-0.15, -0.1) is 0 Å². The number of ether oxygens (including phenoxy) is 1. The SMILES string of the molecule is CCCS(=O)(=O)N1CCN(C=O)C[C@H]1c1ccc(OC(C)C)cc1. The van der Waals surface area contributed by atoms with E-state index in [1.807, 2.05) is 45.0 Å². The second-order valence-electron chi connectivity index (χ2n) is 6.28. The molecule has 1 atom stereocenters. The first-order chi connectivity index (χ1) is 11.4. The van der Waals surface area contributed by atoms with E-state index >= 15 is 0 Å². The first-order valence-corrected chi connectivity index (χ1v) is 9.93. The third-order valence-corrected chi connectivity index (χ3v) is 6.04. The molecule has 0 bridgehead atoms. The van der Waals surface area contributed by atoms with Gasteiger partial charge in [0.1, 0.15) is 5.75 Å². The van der Waals surface area contributed by atoms with Crippen LogP contribution in [0.2, 0.25) is 0 Å². The lowest BCUT2D eigenvalue weighted by atomic mass is 10.0. The predicted octanol–water partition coefficient (Wildman–Crippen LogP) is 2.03. The van der Waals surface area contributed by atoms with Crippen LogP contribution in [-0.2, 0) is 14.8 Å². The molecule has 0 unspecified atom stereocenters. The quantitative estimate of drug-likeness (QED) is 0.703. The fourth-order valence-electron chi connectivity index (χ4n) is 2.90. The summed E-state index contributed by atoms with van der Waals surface area (Å²) >= 11 is 0. The number of rotatable bonds is 7. The van der Waals surface area contributed by atoms with Crippen molar-refractivity contribution in [3.63, 3.8) is 0 Å². The zero-order valence-electron chi connectivity index (χ0n) is 14.5. The fourth-order valence-corrected chi connectivity index (χ4v) is 4.59. The van der Waals surface area contributed by atoms with Crippen molar-refractivity contribution in [2.75, 3.05) is 25.4 Å². The van der Waals surface area contributed by atoms with Crippen molar-refractivity contribution in [1.82, 2.24) is 9.21 Å². The maximum Gasteiger partial charge on any atom is 0.214 e. The van der Waals surface area contributed by atoms with Gasteiger partial charge in [-0.1, -0.05) is 19.1 Å². The number of hydrogen-bond acceptors (Lipinski definition) is 4. The number of nitrogens with zero attached hydrogens (tertiary/aromatic N) is 2. The topological polar surface area (TPSA) is 66.9 Å². The molecule has 1 aromatic carbocycles. The summed E-state index contributed by atoms with van der Waals surface area (Å²) in [5.74, 6) is 0.874. The van der Waals surface area contributed by atoms with Crippen LogP contribution >= 0.6 is 0 Å². The van der Waals surface area contributed by atoms with Gasteiger partial charge in [-0.25, -0.2) is 8.42 Å². The monoisotopic (exact) mass is 354 g/mol. The molecule has 1 aliphatic rings. The number of amides is 1. The Bertz CT molecular complexity index is 643. The van der Waals surface area contributed by atoms with Crippen molar-refractivity contribution < 1.29 is 17.9 Å². The Morgan fingerprint density at radius 1 is 1.25 bits per heavy atom. The van der Waals surface area contributed by atoms with Crippen LogP contribution in [0.5, 0.6) is 5.75 Å². The number of carbonyl (C=O) groups is 1. The van der Waals surface area contributed by atoms with Crippen LogP contribution < -0.4 is 4.74 Å². The molecule has 0 aromatic heterocycles. The third kappa shape index (κ3) is 4.48. The first kappa shape index (κ1) is 18.7. The summed E-state index contributed by atoms with van der Waals surface area (Å²) in [5, 5.41) is 0. The molecular formula is C17H26N2O4S. The fraction of sp³-hybridized carbons (Fsp3) is 0.588. The van der Waals surface area contributed by atoms with Gasteiger partial charge in [-0.05, 0) is 38.0 Å². The Balaban J connectivity index is 2.28. The van der Waals surface area contributed by atoms with Crippen molar-refractivity contribution in [1.29, 1.82) is 0 Å². The van der Waals surface area contributed by atoms with Crippen LogP contribution in [-0.4, -0.2) is 55.5 Å². The van der Waals surface area contributed by atoms with E-state index in [9.17, 15) is 13.2 Å². The van der Waals surface area contributed by atoms with Crippen molar-refractivity contribution >= 4 is 16.4 Å². The van der Waals surface area contributed by atoms with Crippen molar-refractivity contribution in [3.05, 3.63) is 29.8 Å². The van der Waals surface area contributed by atoms with E-state index in [1.165, 1.54) is 4.31 Å². The standard InChI is InChI=1S/C17H26N2O4S/c1-4-11-24(21,22)19-10-9-18(13-20)12-17(19)15-5-7-16(8-6-15)23-14(2)3/h5-8,13-14,17H,4,9-12H2,1-3H3/t17-/m0/s1. The molecule has 1 amide bonds. The molecule has 2 rings (SSSR count). The Morgan fingerprint density at radius 3 is 2.46 bits per heavy atom. The van der Waals surface area contributed by atoms with Crippen LogP contribution in [0.3, 0.4) is 0 Å². The highest BCUT2D eigenvalue weighted by Crippen LogP contribution is 2.29. The summed E-state index contributed by atoms with van der Waals surface area (Å²) in [7, 11) is -3.33. The molecule has 6 nitrogen and oxygen atoms in total. The van der Waals surface area contributed by atoms with E-state index in [0.29, 0.717) is 26.1 Å². The Morgan fingerprint density at radius 2 is 1.92 bits per heavy atom. The maximum atomic E-state index is 12.6. The summed E-state index contributed by atoms with van der Waals surface area (Å²) in [5.41, 5.74) is 0.873. The summed E-state index contributed by atoms with van der Waals surface area (Å²) in [6.07, 6.45) is 1.44. The van der Waals surface area contributed by atoms with Gasteiger partial charge in [-0.2, -0.15) is 4.31 Å². The van der Waals surface area contributed by atoms with E-state index in [-0.39, 0.29) is 17.9 Å². The van der Waals surface area contributed by atoms with E-state index in [2.05, 4.69) is 0 Å².